The molecule has 0 aliphatic heterocycles. The predicted molar refractivity (Wildman–Crippen MR) is 68.8 cm³/mol. The van der Waals surface area contributed by atoms with Crippen LogP contribution in [-0.4, -0.2) is 40.6 Å². The lowest BCUT2D eigenvalue weighted by molar-refractivity contribution is 0.0705. The molecular formula is C13H20FNO3. The summed E-state index contributed by atoms with van der Waals surface area (Å²) in [7, 11) is 3.09. The molecule has 0 unspecified atom stereocenters. The van der Waals surface area contributed by atoms with E-state index in [1.807, 2.05) is 0 Å². The lowest BCUT2D eigenvalue weighted by Crippen LogP contribution is -2.08. The fourth-order valence-corrected chi connectivity index (χ4v) is 1.43. The second-order valence-electron chi connectivity index (χ2n) is 3.73. The van der Waals surface area contributed by atoms with Gasteiger partial charge in [0.05, 0.1) is 20.3 Å². The largest absolute Gasteiger partial charge is 0.494 e. The zero-order valence-electron chi connectivity index (χ0n) is 10.9. The number of nitrogens with one attached hydrogen (secondary N) is 1. The molecule has 0 spiro atoms. The van der Waals surface area contributed by atoms with Crippen LogP contribution >= 0.6 is 0 Å². The molecule has 0 amide bonds. The van der Waals surface area contributed by atoms with Crippen LogP contribution in [-0.2, 0) is 9.47 Å². The molecule has 1 rings (SSSR count). The van der Waals surface area contributed by atoms with E-state index in [2.05, 4.69) is 5.32 Å². The van der Waals surface area contributed by atoms with Crippen molar-refractivity contribution in [3.63, 3.8) is 0 Å². The number of ether oxygens (including phenoxy) is 3. The van der Waals surface area contributed by atoms with Crippen molar-refractivity contribution in [2.45, 2.75) is 6.42 Å². The number of hydrogen-bond donors (Lipinski definition) is 1. The van der Waals surface area contributed by atoms with Gasteiger partial charge in [-0.2, -0.15) is 0 Å². The van der Waals surface area contributed by atoms with Crippen molar-refractivity contribution in [2.24, 2.45) is 0 Å². The third-order valence-corrected chi connectivity index (χ3v) is 2.38. The zero-order chi connectivity index (χ0) is 13.2. The van der Waals surface area contributed by atoms with Crippen LogP contribution in [0.4, 0.5) is 10.1 Å². The Hall–Kier alpha value is -1.33. The summed E-state index contributed by atoms with van der Waals surface area (Å²) >= 11 is 0. The predicted octanol–water partition coefficient (Wildman–Crippen LogP) is 2.30. The normalized spacial score (nSPS) is 10.4. The van der Waals surface area contributed by atoms with Crippen LogP contribution in [0.15, 0.2) is 18.2 Å². The first kappa shape index (κ1) is 14.7. The van der Waals surface area contributed by atoms with Crippen LogP contribution in [0.5, 0.6) is 5.75 Å². The van der Waals surface area contributed by atoms with Gasteiger partial charge in [0.15, 0.2) is 11.6 Å². The molecule has 0 atom stereocenters. The van der Waals surface area contributed by atoms with E-state index in [1.165, 1.54) is 13.2 Å². The van der Waals surface area contributed by atoms with Crippen LogP contribution in [0.2, 0.25) is 0 Å². The van der Waals surface area contributed by atoms with Crippen molar-refractivity contribution in [2.75, 3.05) is 45.9 Å². The van der Waals surface area contributed by atoms with Gasteiger partial charge in [-0.1, -0.05) is 0 Å². The fourth-order valence-electron chi connectivity index (χ4n) is 1.43. The Morgan fingerprint density at radius 3 is 2.67 bits per heavy atom. The highest BCUT2D eigenvalue weighted by Gasteiger charge is 2.02. The maximum Gasteiger partial charge on any atom is 0.167 e. The number of benzene rings is 1. The average Bonchev–Trinajstić information content (AvgIpc) is 2.38. The molecule has 0 saturated heterocycles. The quantitative estimate of drug-likeness (QED) is 0.689. The van der Waals surface area contributed by atoms with Crippen LogP contribution in [0.1, 0.15) is 6.42 Å². The van der Waals surface area contributed by atoms with Crippen LogP contribution < -0.4 is 10.1 Å². The van der Waals surface area contributed by atoms with Gasteiger partial charge in [0.1, 0.15) is 0 Å². The lowest BCUT2D eigenvalue weighted by Gasteiger charge is -2.08. The lowest BCUT2D eigenvalue weighted by atomic mass is 10.3. The zero-order valence-corrected chi connectivity index (χ0v) is 10.9. The maximum absolute atomic E-state index is 13.4. The molecule has 4 nitrogen and oxygen atoms in total. The Balaban J connectivity index is 2.17. The Morgan fingerprint density at radius 1 is 1.17 bits per heavy atom. The molecule has 0 saturated carbocycles. The molecule has 0 bridgehead atoms. The molecule has 0 aliphatic rings. The van der Waals surface area contributed by atoms with E-state index in [-0.39, 0.29) is 11.6 Å². The molecule has 0 aliphatic carbocycles. The van der Waals surface area contributed by atoms with E-state index in [0.717, 1.165) is 18.7 Å². The van der Waals surface area contributed by atoms with Gasteiger partial charge < -0.3 is 19.5 Å². The maximum atomic E-state index is 13.4. The summed E-state index contributed by atoms with van der Waals surface area (Å²) in [5.74, 6) is -0.109. The van der Waals surface area contributed by atoms with E-state index in [4.69, 9.17) is 14.2 Å². The molecule has 102 valence electrons. The Morgan fingerprint density at radius 2 is 2.00 bits per heavy atom. The van der Waals surface area contributed by atoms with Gasteiger partial charge in [-0.05, 0) is 18.6 Å². The van der Waals surface area contributed by atoms with E-state index < -0.39 is 0 Å². The summed E-state index contributed by atoms with van der Waals surface area (Å²) < 4.78 is 28.4. The first-order valence-electron chi connectivity index (χ1n) is 5.92. The Kier molecular flexibility index (Phi) is 7.13. The first-order chi connectivity index (χ1) is 8.77. The summed E-state index contributed by atoms with van der Waals surface area (Å²) in [6.45, 7) is 2.61. The fraction of sp³-hybridized carbons (Fsp3) is 0.538. The van der Waals surface area contributed by atoms with Crippen LogP contribution in [0, 0.1) is 5.82 Å². The molecule has 1 aromatic carbocycles. The number of halogens is 1. The van der Waals surface area contributed by atoms with E-state index in [1.54, 1.807) is 19.2 Å². The van der Waals surface area contributed by atoms with Crippen LogP contribution in [0.25, 0.3) is 0 Å². The van der Waals surface area contributed by atoms with Gasteiger partial charge in [-0.15, -0.1) is 0 Å². The van der Waals surface area contributed by atoms with Gasteiger partial charge in [0.25, 0.3) is 0 Å². The van der Waals surface area contributed by atoms with Crippen LogP contribution in [0.3, 0.4) is 0 Å². The molecule has 1 aromatic rings. The molecule has 1 N–H and O–H groups in total. The molecule has 0 radical (unpaired) electrons. The highest BCUT2D eigenvalue weighted by Crippen LogP contribution is 2.20. The average molecular weight is 257 g/mol. The van der Waals surface area contributed by atoms with Crippen molar-refractivity contribution in [1.82, 2.24) is 0 Å². The second kappa shape index (κ2) is 8.72. The molecular weight excluding hydrogens is 237 g/mol. The van der Waals surface area contributed by atoms with Crippen molar-refractivity contribution >= 4 is 5.69 Å². The summed E-state index contributed by atoms with van der Waals surface area (Å²) in [4.78, 5) is 0. The Bertz CT molecular complexity index is 347. The van der Waals surface area contributed by atoms with Gasteiger partial charge >= 0.3 is 0 Å². The smallest absolute Gasteiger partial charge is 0.167 e. The van der Waals surface area contributed by atoms with E-state index in [0.29, 0.717) is 19.8 Å². The summed E-state index contributed by atoms with van der Waals surface area (Å²) in [5, 5.41) is 3.12. The molecule has 5 heteroatoms. The molecule has 0 fully saturated rings. The minimum atomic E-state index is -0.362. The molecule has 0 heterocycles. The highest BCUT2D eigenvalue weighted by molar-refractivity contribution is 5.47. The SMILES string of the molecule is COCCOCCCNc1ccc(OC)c(F)c1. The van der Waals surface area contributed by atoms with Gasteiger partial charge in [-0.3, -0.25) is 0 Å². The minimum Gasteiger partial charge on any atom is -0.494 e. The third kappa shape index (κ3) is 5.33. The van der Waals surface area contributed by atoms with Gasteiger partial charge in [0, 0.05) is 32.0 Å². The monoisotopic (exact) mass is 257 g/mol. The first-order valence-corrected chi connectivity index (χ1v) is 5.92. The number of anilines is 1. The number of rotatable bonds is 9. The second-order valence-corrected chi connectivity index (χ2v) is 3.73. The van der Waals surface area contributed by atoms with Gasteiger partial charge in [0.2, 0.25) is 0 Å². The topological polar surface area (TPSA) is 39.7 Å². The van der Waals surface area contributed by atoms with E-state index in [9.17, 15) is 4.39 Å². The molecule has 0 aromatic heterocycles. The van der Waals surface area contributed by atoms with Crippen molar-refractivity contribution in [3.8, 4) is 5.75 Å². The van der Waals surface area contributed by atoms with Crippen molar-refractivity contribution in [1.29, 1.82) is 0 Å². The number of methoxy groups -OCH3 is 2. The van der Waals surface area contributed by atoms with Crippen molar-refractivity contribution in [3.05, 3.63) is 24.0 Å². The van der Waals surface area contributed by atoms with Crippen molar-refractivity contribution < 1.29 is 18.6 Å². The highest BCUT2D eigenvalue weighted by atomic mass is 19.1. The van der Waals surface area contributed by atoms with Gasteiger partial charge in [-0.25, -0.2) is 4.39 Å². The summed E-state index contributed by atoms with van der Waals surface area (Å²) in [6.07, 6.45) is 0.858. The van der Waals surface area contributed by atoms with E-state index >= 15 is 0 Å². The summed E-state index contributed by atoms with van der Waals surface area (Å²) in [5.41, 5.74) is 0.741. The number of hydrogen-bond acceptors (Lipinski definition) is 4. The summed E-state index contributed by atoms with van der Waals surface area (Å²) in [6, 6.07) is 4.81. The molecule has 18 heavy (non-hydrogen) atoms. The standard InChI is InChI=1S/C13H20FNO3/c1-16-8-9-18-7-3-6-15-11-4-5-13(17-2)12(14)10-11/h4-5,10,15H,3,6-9H2,1-2H3. The Labute approximate surface area is 107 Å². The third-order valence-electron chi connectivity index (χ3n) is 2.38. The minimum absolute atomic E-state index is 0.253.